The van der Waals surface area contributed by atoms with E-state index in [9.17, 15) is 0 Å². The fourth-order valence-electron chi connectivity index (χ4n) is 4.85. The van der Waals surface area contributed by atoms with Crippen molar-refractivity contribution in [3.05, 3.63) is 121 Å². The molecule has 39 heavy (non-hydrogen) atoms. The summed E-state index contributed by atoms with van der Waals surface area (Å²) in [5, 5.41) is 6.02. The lowest BCUT2D eigenvalue weighted by atomic mass is 9.90. The third kappa shape index (κ3) is 11.0. The van der Waals surface area contributed by atoms with Gasteiger partial charge < -0.3 is 0 Å². The van der Waals surface area contributed by atoms with Crippen LogP contribution in [0.3, 0.4) is 0 Å². The highest BCUT2D eigenvalue weighted by molar-refractivity contribution is 7.73. The first-order valence-electron chi connectivity index (χ1n) is 14.8. The molecule has 0 saturated heterocycles. The van der Waals surface area contributed by atoms with E-state index in [2.05, 4.69) is 149 Å². The van der Waals surface area contributed by atoms with Crippen molar-refractivity contribution >= 4 is 37.1 Å². The van der Waals surface area contributed by atoms with Crippen LogP contribution in [0, 0.1) is 5.41 Å². The van der Waals surface area contributed by atoms with Gasteiger partial charge in [-0.2, -0.15) is 0 Å². The van der Waals surface area contributed by atoms with Crippen molar-refractivity contribution in [1.82, 2.24) is 0 Å². The molecular formula is C37H48P2. The van der Waals surface area contributed by atoms with E-state index in [0.717, 1.165) is 0 Å². The number of hydrogen-bond acceptors (Lipinski definition) is 0. The molecule has 0 saturated carbocycles. The quantitative estimate of drug-likeness (QED) is 0.114. The zero-order valence-electron chi connectivity index (χ0n) is 24.6. The Kier molecular flexibility index (Phi) is 14.0. The van der Waals surface area contributed by atoms with Crippen molar-refractivity contribution in [3.63, 3.8) is 0 Å². The van der Waals surface area contributed by atoms with Gasteiger partial charge in [-0.05, 0) is 67.6 Å². The Hall–Kier alpha value is -2.26. The number of rotatable bonds is 13. The Bertz CT molecular complexity index is 1060. The van der Waals surface area contributed by atoms with E-state index in [0.29, 0.717) is 5.41 Å². The van der Waals surface area contributed by atoms with Gasteiger partial charge in [0.15, 0.2) is 0 Å². The Balaban J connectivity index is 0.000000218. The first-order chi connectivity index (χ1) is 19.0. The average Bonchev–Trinajstić information content (AvgIpc) is 2.99. The predicted octanol–water partition coefficient (Wildman–Crippen LogP) is 9.65. The number of benzene rings is 4. The van der Waals surface area contributed by atoms with E-state index in [1.54, 1.807) is 0 Å². The van der Waals surface area contributed by atoms with Gasteiger partial charge in [0, 0.05) is 0 Å². The second-order valence-corrected chi connectivity index (χ2v) is 15.6. The van der Waals surface area contributed by atoms with Gasteiger partial charge in [0.25, 0.3) is 0 Å². The molecule has 0 bridgehead atoms. The molecule has 0 N–H and O–H groups in total. The lowest BCUT2D eigenvalue weighted by Gasteiger charge is -2.30. The second kappa shape index (κ2) is 17.4. The maximum Gasteiger partial charge on any atom is -0.0194 e. The van der Waals surface area contributed by atoms with Crippen LogP contribution >= 0.6 is 15.8 Å². The molecule has 0 radical (unpaired) electrons. The highest BCUT2D eigenvalue weighted by atomic mass is 31.1. The van der Waals surface area contributed by atoms with Crippen LogP contribution in [0.1, 0.15) is 66.2 Å². The number of unbranched alkanes of at least 4 members (excludes halogenated alkanes) is 3. The van der Waals surface area contributed by atoms with Gasteiger partial charge >= 0.3 is 0 Å². The summed E-state index contributed by atoms with van der Waals surface area (Å²) in [6.45, 7) is 9.42. The molecule has 0 atom stereocenters. The minimum Gasteiger partial charge on any atom is -0.0654 e. The average molecular weight is 555 g/mol. The van der Waals surface area contributed by atoms with E-state index in [-0.39, 0.29) is 15.8 Å². The van der Waals surface area contributed by atoms with E-state index in [1.807, 2.05) is 0 Å². The van der Waals surface area contributed by atoms with Gasteiger partial charge in [-0.15, -0.1) is 0 Å². The molecule has 0 unspecified atom stereocenters. The Labute approximate surface area is 241 Å². The van der Waals surface area contributed by atoms with Crippen LogP contribution in [-0.4, -0.2) is 12.3 Å². The zero-order valence-corrected chi connectivity index (χ0v) is 26.4. The molecule has 0 spiro atoms. The molecule has 0 nitrogen and oxygen atoms in total. The first-order valence-corrected chi connectivity index (χ1v) is 17.8. The molecule has 4 aromatic rings. The van der Waals surface area contributed by atoms with Gasteiger partial charge in [0.1, 0.15) is 0 Å². The van der Waals surface area contributed by atoms with Crippen molar-refractivity contribution in [2.75, 3.05) is 12.3 Å². The third-order valence-electron chi connectivity index (χ3n) is 7.05. The normalized spacial score (nSPS) is 11.3. The van der Waals surface area contributed by atoms with Crippen LogP contribution in [-0.2, 0) is 0 Å². The van der Waals surface area contributed by atoms with Crippen LogP contribution in [0.25, 0.3) is 0 Å². The molecular weight excluding hydrogens is 506 g/mol. The van der Waals surface area contributed by atoms with Crippen LogP contribution in [0.2, 0.25) is 0 Å². The molecule has 0 fully saturated rings. The highest BCUT2D eigenvalue weighted by Gasteiger charge is 2.24. The van der Waals surface area contributed by atoms with Crippen molar-refractivity contribution in [2.24, 2.45) is 5.41 Å². The lowest BCUT2D eigenvalue weighted by Crippen LogP contribution is -2.23. The summed E-state index contributed by atoms with van der Waals surface area (Å²) in [6.07, 6.45) is 10.5. The zero-order chi connectivity index (χ0) is 27.8. The SMILES string of the molecule is CCCCC(C)(C)CP(c1ccccc1)c1ccccc1.CCCCCP(c1ccccc1)c1ccccc1. The first kappa shape index (κ1) is 31.3. The molecule has 206 valence electrons. The van der Waals surface area contributed by atoms with Crippen LogP contribution in [0.4, 0.5) is 0 Å². The molecule has 0 aliphatic carbocycles. The van der Waals surface area contributed by atoms with E-state index in [4.69, 9.17) is 0 Å². The monoisotopic (exact) mass is 554 g/mol. The summed E-state index contributed by atoms with van der Waals surface area (Å²) in [6, 6.07) is 44.1. The topological polar surface area (TPSA) is 0 Å². The maximum atomic E-state index is 2.43. The summed E-state index contributed by atoms with van der Waals surface area (Å²) < 4.78 is 0. The van der Waals surface area contributed by atoms with Gasteiger partial charge in [-0.25, -0.2) is 0 Å². The Morgan fingerprint density at radius 1 is 0.462 bits per heavy atom. The van der Waals surface area contributed by atoms with E-state index < -0.39 is 0 Å². The summed E-state index contributed by atoms with van der Waals surface area (Å²) in [7, 11) is -0.418. The Morgan fingerprint density at radius 2 is 0.821 bits per heavy atom. The minimum atomic E-state index is -0.255. The second-order valence-electron chi connectivity index (χ2n) is 11.1. The fourth-order valence-corrected chi connectivity index (χ4v) is 10.0. The third-order valence-corrected chi connectivity index (χ3v) is 12.7. The summed E-state index contributed by atoms with van der Waals surface area (Å²) in [5.74, 6) is 0. The molecule has 0 aromatic heterocycles. The molecule has 0 aliphatic rings. The van der Waals surface area contributed by atoms with Crippen molar-refractivity contribution in [2.45, 2.75) is 66.2 Å². The largest absolute Gasteiger partial charge is 0.0654 e. The summed E-state index contributed by atoms with van der Waals surface area (Å²) >= 11 is 0. The standard InChI is InChI=1S/C20H27P.C17H21P/c1-4-5-16-20(2,3)17-21(18-12-8-6-9-13-18)19-14-10-7-11-15-19;1-2-3-10-15-18(16-11-6-4-7-12-16)17-13-8-5-9-14-17/h6-15H,4-5,16-17H2,1-3H3;4-9,11-14H,2-3,10,15H2,1H3. The lowest BCUT2D eigenvalue weighted by molar-refractivity contribution is 0.371. The van der Waals surface area contributed by atoms with Gasteiger partial charge in [-0.1, -0.05) is 175 Å². The minimum absolute atomic E-state index is 0.162. The summed E-state index contributed by atoms with van der Waals surface area (Å²) in [5.41, 5.74) is 0.410. The maximum absolute atomic E-state index is 2.43. The molecule has 0 aliphatic heterocycles. The summed E-state index contributed by atoms with van der Waals surface area (Å²) in [4.78, 5) is 0. The Morgan fingerprint density at radius 3 is 1.18 bits per heavy atom. The van der Waals surface area contributed by atoms with Gasteiger partial charge in [0.2, 0.25) is 0 Å². The molecule has 2 heteroatoms. The van der Waals surface area contributed by atoms with E-state index >= 15 is 0 Å². The van der Waals surface area contributed by atoms with Gasteiger partial charge in [-0.3, -0.25) is 0 Å². The van der Waals surface area contributed by atoms with Crippen LogP contribution in [0.5, 0.6) is 0 Å². The van der Waals surface area contributed by atoms with Crippen LogP contribution < -0.4 is 21.2 Å². The molecule has 4 aromatic carbocycles. The number of hydrogen-bond donors (Lipinski definition) is 0. The van der Waals surface area contributed by atoms with Gasteiger partial charge in [0.05, 0.1) is 0 Å². The fraction of sp³-hybridized carbons (Fsp3) is 0.351. The van der Waals surface area contributed by atoms with Crippen molar-refractivity contribution < 1.29 is 0 Å². The predicted molar refractivity (Wildman–Crippen MR) is 181 cm³/mol. The van der Waals surface area contributed by atoms with Crippen molar-refractivity contribution in [3.8, 4) is 0 Å². The van der Waals surface area contributed by atoms with E-state index in [1.165, 1.54) is 72.1 Å². The highest BCUT2D eigenvalue weighted by Crippen LogP contribution is 2.42. The molecule has 4 rings (SSSR count). The smallest absolute Gasteiger partial charge is 0.0194 e. The molecule has 0 heterocycles. The van der Waals surface area contributed by atoms with Crippen molar-refractivity contribution in [1.29, 1.82) is 0 Å². The molecule has 0 amide bonds. The van der Waals surface area contributed by atoms with Crippen LogP contribution in [0.15, 0.2) is 121 Å².